The molecule has 0 fully saturated rings. The highest BCUT2D eigenvalue weighted by Crippen LogP contribution is 2.31. The van der Waals surface area contributed by atoms with Gasteiger partial charge >= 0.3 is 6.36 Å². The molecule has 2 aromatic rings. The van der Waals surface area contributed by atoms with E-state index in [1.54, 1.807) is 0 Å². The molecule has 1 aromatic heterocycles. The lowest BCUT2D eigenvalue weighted by atomic mass is 10.1. The lowest BCUT2D eigenvalue weighted by molar-refractivity contribution is -0.274. The van der Waals surface area contributed by atoms with Crippen LogP contribution in [0.3, 0.4) is 0 Å². The van der Waals surface area contributed by atoms with Gasteiger partial charge in [-0.25, -0.2) is 4.98 Å². The number of carbonyl (C=O) groups is 1. The summed E-state index contributed by atoms with van der Waals surface area (Å²) in [6.07, 6.45) is -3.80. The van der Waals surface area contributed by atoms with Crippen molar-refractivity contribution in [1.29, 1.82) is 0 Å². The maximum Gasteiger partial charge on any atom is 0.573 e. The number of halogens is 3. The molecule has 1 atom stereocenters. The zero-order valence-corrected chi connectivity index (χ0v) is 15.9. The molecule has 0 spiro atoms. The van der Waals surface area contributed by atoms with Crippen LogP contribution in [0.25, 0.3) is 10.2 Å². The summed E-state index contributed by atoms with van der Waals surface area (Å²) < 4.78 is 41.2. The predicted molar refractivity (Wildman–Crippen MR) is 99.8 cm³/mol. The Morgan fingerprint density at radius 1 is 1.37 bits per heavy atom. The number of ether oxygens (including phenoxy) is 1. The van der Waals surface area contributed by atoms with Gasteiger partial charge in [0.05, 0.1) is 10.2 Å². The fourth-order valence-corrected chi connectivity index (χ4v) is 3.13. The van der Waals surface area contributed by atoms with Crippen molar-refractivity contribution < 1.29 is 22.7 Å². The third kappa shape index (κ3) is 7.31. The first kappa shape index (κ1) is 21.4. The minimum Gasteiger partial charge on any atom is -0.406 e. The van der Waals surface area contributed by atoms with Crippen molar-refractivity contribution in [1.82, 2.24) is 10.3 Å². The number of benzene rings is 1. The van der Waals surface area contributed by atoms with Crippen LogP contribution in [0.5, 0.6) is 5.75 Å². The van der Waals surface area contributed by atoms with E-state index in [4.69, 9.17) is 5.73 Å². The quantitative estimate of drug-likeness (QED) is 0.557. The molecule has 1 amide bonds. The second kappa shape index (κ2) is 9.34. The number of hydrogen-bond acceptors (Lipinski definition) is 6. The van der Waals surface area contributed by atoms with Crippen molar-refractivity contribution >= 4 is 32.6 Å². The highest BCUT2D eigenvalue weighted by atomic mass is 32.1. The summed E-state index contributed by atoms with van der Waals surface area (Å²) >= 11 is 1.09. The SMILES string of the molecule is CC(C)[C@@H](N)CNCCCC(=O)Nc1nc2ccc(OC(F)(F)F)cc2s1. The Bertz CT molecular complexity index is 764. The van der Waals surface area contributed by atoms with Gasteiger partial charge in [0.1, 0.15) is 5.75 Å². The van der Waals surface area contributed by atoms with Gasteiger partial charge in [-0.1, -0.05) is 25.2 Å². The molecule has 0 saturated heterocycles. The number of aromatic nitrogens is 1. The summed E-state index contributed by atoms with van der Waals surface area (Å²) in [6.45, 7) is 5.47. The number of anilines is 1. The number of amides is 1. The molecular weight excluding hydrogens is 381 g/mol. The van der Waals surface area contributed by atoms with Gasteiger partial charge in [-0.05, 0) is 31.0 Å². The third-order valence-electron chi connectivity index (χ3n) is 3.83. The van der Waals surface area contributed by atoms with Crippen LogP contribution < -0.4 is 21.1 Å². The first-order valence-corrected chi connectivity index (χ1v) is 9.38. The van der Waals surface area contributed by atoms with E-state index in [1.807, 2.05) is 0 Å². The number of hydrogen-bond donors (Lipinski definition) is 3. The first-order valence-electron chi connectivity index (χ1n) is 8.56. The molecule has 0 unspecified atom stereocenters. The second-order valence-electron chi connectivity index (χ2n) is 6.46. The van der Waals surface area contributed by atoms with Crippen molar-refractivity contribution in [3.63, 3.8) is 0 Å². The minimum atomic E-state index is -4.75. The molecule has 0 radical (unpaired) electrons. The highest BCUT2D eigenvalue weighted by molar-refractivity contribution is 7.22. The maximum atomic E-state index is 12.3. The van der Waals surface area contributed by atoms with Crippen LogP contribution in [0, 0.1) is 5.92 Å². The molecule has 27 heavy (non-hydrogen) atoms. The number of nitrogens with one attached hydrogen (secondary N) is 2. The average Bonchev–Trinajstić information content (AvgIpc) is 2.93. The van der Waals surface area contributed by atoms with E-state index in [0.29, 0.717) is 47.2 Å². The van der Waals surface area contributed by atoms with Crippen molar-refractivity contribution in [2.75, 3.05) is 18.4 Å². The summed E-state index contributed by atoms with van der Waals surface area (Å²) in [5, 5.41) is 6.22. The molecular formula is C17H23F3N4O2S. The third-order valence-corrected chi connectivity index (χ3v) is 4.77. The number of nitrogens with zero attached hydrogens (tertiary/aromatic N) is 1. The fourth-order valence-electron chi connectivity index (χ4n) is 2.22. The Hall–Kier alpha value is -1.91. The first-order chi connectivity index (χ1) is 12.6. The Morgan fingerprint density at radius 2 is 2.11 bits per heavy atom. The molecule has 6 nitrogen and oxygen atoms in total. The molecule has 0 saturated carbocycles. The maximum absolute atomic E-state index is 12.3. The standard InChI is InChI=1S/C17H23F3N4O2S/c1-10(2)12(21)9-22-7-3-4-15(25)24-16-23-13-6-5-11(8-14(13)27-16)26-17(18,19)20/h5-6,8,10,12,22H,3-4,7,9,21H2,1-2H3,(H,23,24,25)/t12-/m0/s1. The topological polar surface area (TPSA) is 89.3 Å². The van der Waals surface area contributed by atoms with E-state index in [-0.39, 0.29) is 17.7 Å². The van der Waals surface area contributed by atoms with E-state index in [1.165, 1.54) is 18.2 Å². The molecule has 0 aliphatic rings. The van der Waals surface area contributed by atoms with Crippen LogP contribution in [0.15, 0.2) is 18.2 Å². The number of rotatable bonds is 9. The van der Waals surface area contributed by atoms with Crippen molar-refractivity contribution in [2.24, 2.45) is 11.7 Å². The van der Waals surface area contributed by atoms with Gasteiger partial charge in [-0.2, -0.15) is 0 Å². The molecule has 2 rings (SSSR count). The van der Waals surface area contributed by atoms with Gasteiger partial charge in [0.25, 0.3) is 0 Å². The average molecular weight is 404 g/mol. The largest absolute Gasteiger partial charge is 0.573 e. The summed E-state index contributed by atoms with van der Waals surface area (Å²) in [5.41, 5.74) is 6.42. The second-order valence-corrected chi connectivity index (χ2v) is 7.49. The molecule has 4 N–H and O–H groups in total. The number of nitrogens with two attached hydrogens (primary N) is 1. The van der Waals surface area contributed by atoms with Gasteiger partial charge in [0.2, 0.25) is 5.91 Å². The summed E-state index contributed by atoms with van der Waals surface area (Å²) in [7, 11) is 0. The summed E-state index contributed by atoms with van der Waals surface area (Å²) in [4.78, 5) is 16.2. The van der Waals surface area contributed by atoms with Crippen LogP contribution in [-0.4, -0.2) is 36.4 Å². The molecule has 150 valence electrons. The van der Waals surface area contributed by atoms with Crippen LogP contribution in [0.4, 0.5) is 18.3 Å². The number of alkyl halides is 3. The molecule has 0 aliphatic carbocycles. The fraction of sp³-hybridized carbons (Fsp3) is 0.529. The van der Waals surface area contributed by atoms with Crippen LogP contribution >= 0.6 is 11.3 Å². The van der Waals surface area contributed by atoms with Gasteiger partial charge < -0.3 is 21.1 Å². The molecule has 1 aromatic carbocycles. The lowest BCUT2D eigenvalue weighted by Gasteiger charge is -2.15. The Balaban J connectivity index is 1.81. The monoisotopic (exact) mass is 404 g/mol. The van der Waals surface area contributed by atoms with Crippen molar-refractivity contribution in [3.05, 3.63) is 18.2 Å². The smallest absolute Gasteiger partial charge is 0.406 e. The predicted octanol–water partition coefficient (Wildman–Crippen LogP) is 3.49. The summed E-state index contributed by atoms with van der Waals surface area (Å²) in [5.74, 6) is -0.125. The minimum absolute atomic E-state index is 0.0767. The van der Waals surface area contributed by atoms with Gasteiger partial charge in [0, 0.05) is 25.1 Å². The molecule has 0 aliphatic heterocycles. The lowest BCUT2D eigenvalue weighted by Crippen LogP contribution is -2.38. The van der Waals surface area contributed by atoms with Crippen molar-refractivity contribution in [3.8, 4) is 5.75 Å². The highest BCUT2D eigenvalue weighted by Gasteiger charge is 2.31. The van der Waals surface area contributed by atoms with E-state index in [0.717, 1.165) is 11.3 Å². The number of carbonyl (C=O) groups excluding carboxylic acids is 1. The normalized spacial score (nSPS) is 13.1. The molecule has 0 bridgehead atoms. The number of fused-ring (bicyclic) bond motifs is 1. The Kier molecular flexibility index (Phi) is 7.40. The Morgan fingerprint density at radius 3 is 2.78 bits per heavy atom. The van der Waals surface area contributed by atoms with E-state index in [2.05, 4.69) is 34.2 Å². The molecule has 1 heterocycles. The van der Waals surface area contributed by atoms with Gasteiger partial charge in [0.15, 0.2) is 5.13 Å². The van der Waals surface area contributed by atoms with Gasteiger partial charge in [-0.3, -0.25) is 4.79 Å². The zero-order chi connectivity index (χ0) is 20.0. The van der Waals surface area contributed by atoms with Crippen LogP contribution in [0.2, 0.25) is 0 Å². The number of thiazole rings is 1. The van der Waals surface area contributed by atoms with E-state index < -0.39 is 6.36 Å². The van der Waals surface area contributed by atoms with E-state index >= 15 is 0 Å². The van der Waals surface area contributed by atoms with Crippen LogP contribution in [0.1, 0.15) is 26.7 Å². The van der Waals surface area contributed by atoms with E-state index in [9.17, 15) is 18.0 Å². The zero-order valence-electron chi connectivity index (χ0n) is 15.1. The Labute approximate surface area is 159 Å². The van der Waals surface area contributed by atoms with Crippen molar-refractivity contribution in [2.45, 2.75) is 39.1 Å². The summed E-state index contributed by atoms with van der Waals surface area (Å²) in [6, 6.07) is 3.93. The molecule has 10 heteroatoms. The van der Waals surface area contributed by atoms with Gasteiger partial charge in [-0.15, -0.1) is 13.2 Å². The van der Waals surface area contributed by atoms with Crippen LogP contribution in [-0.2, 0) is 4.79 Å².